The third-order valence-electron chi connectivity index (χ3n) is 2.45. The van der Waals surface area contributed by atoms with Gasteiger partial charge in [0.2, 0.25) is 17.8 Å². The molecule has 9 nitrogen and oxygen atoms in total. The summed E-state index contributed by atoms with van der Waals surface area (Å²) in [5.41, 5.74) is 2.37. The zero-order valence-corrected chi connectivity index (χ0v) is 12.9. The molecule has 0 fully saturated rings. The molecular weight excluding hydrogens is 274 g/mol. The number of hydrogen-bond donors (Lipinski definition) is 3. The summed E-state index contributed by atoms with van der Waals surface area (Å²) in [4.78, 5) is 25.8. The topological polar surface area (TPSA) is 118 Å². The molecule has 1 amide bonds. The summed E-state index contributed by atoms with van der Waals surface area (Å²) in [5, 5.41) is 2.73. The molecule has 9 heteroatoms. The van der Waals surface area contributed by atoms with Crippen molar-refractivity contribution in [1.29, 1.82) is 0 Å². The number of hydrazine groups is 1. The molecule has 0 saturated heterocycles. The minimum absolute atomic E-state index is 0.0793. The van der Waals surface area contributed by atoms with E-state index in [9.17, 15) is 4.79 Å². The third-order valence-corrected chi connectivity index (χ3v) is 2.45. The molecule has 0 aliphatic carbocycles. The Morgan fingerprint density at radius 3 is 2.57 bits per heavy atom. The molecule has 1 rings (SSSR count). The maximum Gasteiger partial charge on any atom is 0.323 e. The monoisotopic (exact) mass is 297 g/mol. The van der Waals surface area contributed by atoms with Gasteiger partial charge in [0.05, 0.1) is 12.6 Å². The van der Waals surface area contributed by atoms with Crippen molar-refractivity contribution < 1.29 is 9.53 Å². The van der Waals surface area contributed by atoms with Crippen molar-refractivity contribution in [1.82, 2.24) is 20.3 Å². The first kappa shape index (κ1) is 16.9. The molecule has 0 aliphatic rings. The Balaban J connectivity index is 2.98. The van der Waals surface area contributed by atoms with E-state index in [0.29, 0.717) is 19.0 Å². The lowest BCUT2D eigenvalue weighted by Crippen LogP contribution is -2.38. The minimum Gasteiger partial charge on any atom is -0.461 e. The van der Waals surface area contributed by atoms with Gasteiger partial charge in [-0.2, -0.15) is 15.0 Å². The number of ether oxygens (including phenoxy) is 1. The van der Waals surface area contributed by atoms with Gasteiger partial charge in [0, 0.05) is 13.1 Å². The van der Waals surface area contributed by atoms with Crippen molar-refractivity contribution in [3.8, 4) is 6.01 Å². The summed E-state index contributed by atoms with van der Waals surface area (Å²) >= 11 is 0. The number of anilines is 2. The summed E-state index contributed by atoms with van der Waals surface area (Å²) in [5.74, 6) is 5.77. The van der Waals surface area contributed by atoms with Crippen molar-refractivity contribution in [2.24, 2.45) is 5.84 Å². The SMILES string of the molecule is CCNC(=O)CN(CC)c1nc(NN)nc(OC(C)C)n1. The average Bonchev–Trinajstić information content (AvgIpc) is 2.43. The van der Waals surface area contributed by atoms with E-state index in [-0.39, 0.29) is 30.5 Å². The van der Waals surface area contributed by atoms with E-state index in [2.05, 4.69) is 25.7 Å². The van der Waals surface area contributed by atoms with Gasteiger partial charge in [-0.15, -0.1) is 0 Å². The van der Waals surface area contributed by atoms with Crippen LogP contribution in [0.15, 0.2) is 0 Å². The summed E-state index contributed by atoms with van der Waals surface area (Å²) in [6.45, 7) is 8.79. The van der Waals surface area contributed by atoms with Gasteiger partial charge in [0.25, 0.3) is 0 Å². The zero-order chi connectivity index (χ0) is 15.8. The standard InChI is InChI=1S/C12H23N7O2/c1-5-14-9(20)7-19(6-2)11-15-10(18-13)16-12(17-11)21-8(3)4/h8H,5-7,13H2,1-4H3,(H,14,20)(H,15,16,17,18). The Hall–Kier alpha value is -2.16. The highest BCUT2D eigenvalue weighted by Gasteiger charge is 2.16. The highest BCUT2D eigenvalue weighted by atomic mass is 16.5. The van der Waals surface area contributed by atoms with Gasteiger partial charge in [-0.1, -0.05) is 0 Å². The molecule has 1 heterocycles. The number of carbonyl (C=O) groups is 1. The summed E-state index contributed by atoms with van der Waals surface area (Å²) in [6.07, 6.45) is -0.0793. The van der Waals surface area contributed by atoms with Crippen LogP contribution >= 0.6 is 0 Å². The second-order valence-electron chi connectivity index (χ2n) is 4.52. The van der Waals surface area contributed by atoms with E-state index in [1.165, 1.54) is 0 Å². The van der Waals surface area contributed by atoms with Crippen LogP contribution < -0.4 is 26.2 Å². The lowest BCUT2D eigenvalue weighted by molar-refractivity contribution is -0.119. The van der Waals surface area contributed by atoms with Crippen molar-refractivity contribution >= 4 is 17.8 Å². The van der Waals surface area contributed by atoms with E-state index in [4.69, 9.17) is 10.6 Å². The maximum absolute atomic E-state index is 11.7. The minimum atomic E-state index is -0.103. The van der Waals surface area contributed by atoms with Gasteiger partial charge < -0.3 is 15.0 Å². The molecule has 0 aromatic carbocycles. The summed E-state index contributed by atoms with van der Waals surface area (Å²) < 4.78 is 5.46. The number of aromatic nitrogens is 3. The summed E-state index contributed by atoms with van der Waals surface area (Å²) in [7, 11) is 0. The van der Waals surface area contributed by atoms with E-state index in [0.717, 1.165) is 0 Å². The highest BCUT2D eigenvalue weighted by molar-refractivity contribution is 5.80. The van der Waals surface area contributed by atoms with Crippen LogP contribution in [0.1, 0.15) is 27.7 Å². The van der Waals surface area contributed by atoms with Crippen molar-refractivity contribution in [2.75, 3.05) is 30.0 Å². The van der Waals surface area contributed by atoms with Crippen LogP contribution in [0.25, 0.3) is 0 Å². The van der Waals surface area contributed by atoms with Crippen LogP contribution in [-0.2, 0) is 4.79 Å². The predicted molar refractivity (Wildman–Crippen MR) is 80.0 cm³/mol. The second kappa shape index (κ2) is 8.20. The average molecular weight is 297 g/mol. The maximum atomic E-state index is 11.7. The Labute approximate surface area is 124 Å². The highest BCUT2D eigenvalue weighted by Crippen LogP contribution is 2.15. The number of rotatable bonds is 8. The van der Waals surface area contributed by atoms with Gasteiger partial charge in [-0.25, -0.2) is 5.84 Å². The molecule has 0 unspecified atom stereocenters. The molecule has 1 aromatic heterocycles. The van der Waals surface area contributed by atoms with Crippen LogP contribution in [-0.4, -0.2) is 46.6 Å². The zero-order valence-electron chi connectivity index (χ0n) is 12.9. The van der Waals surface area contributed by atoms with Gasteiger partial charge >= 0.3 is 6.01 Å². The largest absolute Gasteiger partial charge is 0.461 e. The quantitative estimate of drug-likeness (QED) is 0.450. The Morgan fingerprint density at radius 1 is 1.33 bits per heavy atom. The van der Waals surface area contributed by atoms with Crippen molar-refractivity contribution in [3.63, 3.8) is 0 Å². The fourth-order valence-electron chi connectivity index (χ4n) is 1.57. The summed E-state index contributed by atoms with van der Waals surface area (Å²) in [6, 6.07) is 0.164. The molecule has 0 spiro atoms. The number of nitrogen functional groups attached to an aromatic ring is 1. The van der Waals surface area contributed by atoms with E-state index >= 15 is 0 Å². The van der Waals surface area contributed by atoms with Crippen LogP contribution in [0.3, 0.4) is 0 Å². The second-order valence-corrected chi connectivity index (χ2v) is 4.52. The molecule has 4 N–H and O–H groups in total. The molecule has 0 aliphatic heterocycles. The molecule has 0 atom stereocenters. The Kier molecular flexibility index (Phi) is 6.60. The van der Waals surface area contributed by atoms with Crippen LogP contribution in [0.5, 0.6) is 6.01 Å². The number of nitrogens with one attached hydrogen (secondary N) is 2. The first-order valence-electron chi connectivity index (χ1n) is 6.91. The fraction of sp³-hybridized carbons (Fsp3) is 0.667. The lowest BCUT2D eigenvalue weighted by atomic mass is 10.4. The van der Waals surface area contributed by atoms with E-state index < -0.39 is 0 Å². The molecule has 21 heavy (non-hydrogen) atoms. The Bertz CT molecular complexity index is 467. The Morgan fingerprint density at radius 2 is 2.05 bits per heavy atom. The molecule has 0 radical (unpaired) electrons. The van der Waals surface area contributed by atoms with Gasteiger partial charge in [0.15, 0.2) is 0 Å². The smallest absolute Gasteiger partial charge is 0.323 e. The van der Waals surface area contributed by atoms with Crippen molar-refractivity contribution in [2.45, 2.75) is 33.8 Å². The molecule has 0 saturated carbocycles. The number of hydrogen-bond acceptors (Lipinski definition) is 8. The van der Waals surface area contributed by atoms with Crippen molar-refractivity contribution in [3.05, 3.63) is 0 Å². The van der Waals surface area contributed by atoms with E-state index in [1.54, 1.807) is 4.90 Å². The van der Waals surface area contributed by atoms with Crippen LogP contribution in [0.2, 0.25) is 0 Å². The number of nitrogens with zero attached hydrogens (tertiary/aromatic N) is 4. The molecule has 0 bridgehead atoms. The first-order chi connectivity index (χ1) is 9.99. The van der Waals surface area contributed by atoms with E-state index in [1.807, 2.05) is 27.7 Å². The van der Waals surface area contributed by atoms with Gasteiger partial charge in [-0.3, -0.25) is 10.2 Å². The normalized spacial score (nSPS) is 10.4. The fourth-order valence-corrected chi connectivity index (χ4v) is 1.57. The van der Waals surface area contributed by atoms with Gasteiger partial charge in [0.1, 0.15) is 0 Å². The number of nitrogens with two attached hydrogens (primary N) is 1. The van der Waals surface area contributed by atoms with Crippen LogP contribution in [0, 0.1) is 0 Å². The van der Waals surface area contributed by atoms with Crippen LogP contribution in [0.4, 0.5) is 11.9 Å². The number of carbonyl (C=O) groups excluding carboxylic acids is 1. The molecular formula is C12H23N7O2. The molecule has 1 aromatic rings. The predicted octanol–water partition coefficient (Wildman–Crippen LogP) is -0.0932. The molecule has 118 valence electrons. The number of amides is 1. The van der Waals surface area contributed by atoms with Gasteiger partial charge in [-0.05, 0) is 27.7 Å². The first-order valence-corrected chi connectivity index (χ1v) is 6.91. The third kappa shape index (κ3) is 5.38. The number of likely N-dealkylation sites (N-methyl/N-ethyl adjacent to an activating group) is 2. The lowest BCUT2D eigenvalue weighted by Gasteiger charge is -2.21.